The van der Waals surface area contributed by atoms with Crippen molar-refractivity contribution in [3.63, 3.8) is 0 Å². The average molecular weight is 284 g/mol. The molecule has 1 heterocycles. The molecule has 1 aliphatic rings. The summed E-state index contributed by atoms with van der Waals surface area (Å²) in [5.41, 5.74) is 0.985. The molecule has 1 N–H and O–H groups in total. The molecule has 1 aromatic rings. The fourth-order valence-corrected chi connectivity index (χ4v) is 2.36. The smallest absolute Gasteiger partial charge is 0.344 e. The Kier molecular flexibility index (Phi) is 4.66. The van der Waals surface area contributed by atoms with Gasteiger partial charge in [-0.1, -0.05) is 11.6 Å². The summed E-state index contributed by atoms with van der Waals surface area (Å²) in [5, 5.41) is 9.53. The van der Waals surface area contributed by atoms with Gasteiger partial charge < -0.3 is 9.84 Å². The van der Waals surface area contributed by atoms with Gasteiger partial charge in [0.2, 0.25) is 0 Å². The highest BCUT2D eigenvalue weighted by molar-refractivity contribution is 6.31. The van der Waals surface area contributed by atoms with Crippen LogP contribution < -0.4 is 4.74 Å². The number of halogens is 1. The highest BCUT2D eigenvalue weighted by Gasteiger charge is 2.16. The Morgan fingerprint density at radius 3 is 2.79 bits per heavy atom. The van der Waals surface area contributed by atoms with Gasteiger partial charge in [0, 0.05) is 11.6 Å². The van der Waals surface area contributed by atoms with Crippen molar-refractivity contribution in [3.05, 3.63) is 28.8 Å². The predicted octanol–water partition coefficient (Wildman–Crippen LogP) is 2.79. The number of rotatable bonds is 5. The van der Waals surface area contributed by atoms with Crippen LogP contribution in [-0.4, -0.2) is 35.2 Å². The first-order valence-electron chi connectivity index (χ1n) is 6.46. The zero-order chi connectivity index (χ0) is 13.8. The molecule has 104 valence electrons. The van der Waals surface area contributed by atoms with Gasteiger partial charge in [-0.3, -0.25) is 4.90 Å². The van der Waals surface area contributed by atoms with Crippen LogP contribution >= 0.6 is 11.6 Å². The first kappa shape index (κ1) is 14.2. The van der Waals surface area contributed by atoms with Crippen LogP contribution in [0.25, 0.3) is 0 Å². The van der Waals surface area contributed by atoms with Crippen LogP contribution in [0.3, 0.4) is 0 Å². The van der Waals surface area contributed by atoms with Crippen molar-refractivity contribution in [3.8, 4) is 5.75 Å². The molecule has 1 unspecified atom stereocenters. The zero-order valence-electron chi connectivity index (χ0n) is 10.9. The lowest BCUT2D eigenvalue weighted by Gasteiger charge is -2.17. The summed E-state index contributed by atoms with van der Waals surface area (Å²) in [6.07, 6.45) is 1.59. The molecule has 1 atom stereocenters. The van der Waals surface area contributed by atoms with Crippen LogP contribution in [0.4, 0.5) is 0 Å². The Balaban J connectivity index is 2.07. The second-order valence-electron chi connectivity index (χ2n) is 4.83. The summed E-state index contributed by atoms with van der Waals surface area (Å²) < 4.78 is 5.36. The number of ether oxygens (including phenoxy) is 1. The topological polar surface area (TPSA) is 49.8 Å². The molecule has 0 aliphatic carbocycles. The molecular weight excluding hydrogens is 266 g/mol. The minimum Gasteiger partial charge on any atom is -0.479 e. The van der Waals surface area contributed by atoms with Crippen LogP contribution in [-0.2, 0) is 11.3 Å². The standard InChI is InChI=1S/C14H18ClNO3/c1-10(14(17)18)19-12-4-5-13(15)11(8-12)9-16-6-2-3-7-16/h4-5,8,10H,2-3,6-7,9H2,1H3,(H,17,18). The van der Waals surface area contributed by atoms with Crippen LogP contribution in [0.2, 0.25) is 5.02 Å². The van der Waals surface area contributed by atoms with E-state index in [9.17, 15) is 4.79 Å². The maximum absolute atomic E-state index is 10.8. The van der Waals surface area contributed by atoms with E-state index >= 15 is 0 Å². The van der Waals surface area contributed by atoms with Crippen molar-refractivity contribution in [2.24, 2.45) is 0 Å². The molecule has 1 saturated heterocycles. The second kappa shape index (κ2) is 6.26. The minimum absolute atomic E-state index is 0.550. The van der Waals surface area contributed by atoms with E-state index in [1.807, 2.05) is 6.07 Å². The van der Waals surface area contributed by atoms with Crippen molar-refractivity contribution >= 4 is 17.6 Å². The van der Waals surface area contributed by atoms with Gasteiger partial charge in [-0.2, -0.15) is 0 Å². The molecule has 19 heavy (non-hydrogen) atoms. The van der Waals surface area contributed by atoms with Crippen molar-refractivity contribution in [2.75, 3.05) is 13.1 Å². The zero-order valence-corrected chi connectivity index (χ0v) is 11.7. The molecule has 2 rings (SSSR count). The molecule has 0 bridgehead atoms. The van der Waals surface area contributed by atoms with Gasteiger partial charge in [0.05, 0.1) is 0 Å². The molecule has 0 saturated carbocycles. The Morgan fingerprint density at radius 2 is 2.16 bits per heavy atom. The number of likely N-dealkylation sites (tertiary alicyclic amines) is 1. The molecule has 0 aromatic heterocycles. The summed E-state index contributed by atoms with van der Waals surface area (Å²) in [4.78, 5) is 13.1. The third kappa shape index (κ3) is 3.85. The Hall–Kier alpha value is -1.26. The van der Waals surface area contributed by atoms with Crippen molar-refractivity contribution in [1.29, 1.82) is 0 Å². The van der Waals surface area contributed by atoms with Crippen molar-refractivity contribution in [1.82, 2.24) is 4.90 Å². The largest absolute Gasteiger partial charge is 0.479 e. The fourth-order valence-electron chi connectivity index (χ4n) is 2.18. The fraction of sp³-hybridized carbons (Fsp3) is 0.500. The molecular formula is C14H18ClNO3. The Bertz CT molecular complexity index is 458. The van der Waals surface area contributed by atoms with Gasteiger partial charge in [-0.05, 0) is 56.6 Å². The summed E-state index contributed by atoms with van der Waals surface area (Å²) in [5.74, 6) is -0.426. The number of hydrogen-bond donors (Lipinski definition) is 1. The van der Waals surface area contributed by atoms with Crippen LogP contribution in [0.1, 0.15) is 25.3 Å². The van der Waals surface area contributed by atoms with E-state index in [4.69, 9.17) is 21.4 Å². The molecule has 5 heteroatoms. The number of benzene rings is 1. The molecule has 0 spiro atoms. The van der Waals surface area contributed by atoms with E-state index < -0.39 is 12.1 Å². The molecule has 4 nitrogen and oxygen atoms in total. The van der Waals surface area contributed by atoms with Gasteiger partial charge in [-0.15, -0.1) is 0 Å². The third-order valence-electron chi connectivity index (χ3n) is 3.27. The highest BCUT2D eigenvalue weighted by Crippen LogP contribution is 2.25. The first-order chi connectivity index (χ1) is 9.06. The Labute approximate surface area is 117 Å². The number of carboxylic acids is 1. The lowest BCUT2D eigenvalue weighted by atomic mass is 10.2. The average Bonchev–Trinajstić information content (AvgIpc) is 2.86. The molecule has 0 radical (unpaired) electrons. The number of hydrogen-bond acceptors (Lipinski definition) is 3. The quantitative estimate of drug-likeness (QED) is 0.903. The van der Waals surface area contributed by atoms with E-state index in [2.05, 4.69) is 4.90 Å². The van der Waals surface area contributed by atoms with E-state index in [-0.39, 0.29) is 0 Å². The number of aliphatic carboxylic acids is 1. The third-order valence-corrected chi connectivity index (χ3v) is 3.64. The van der Waals surface area contributed by atoms with Gasteiger partial charge in [0.25, 0.3) is 0 Å². The lowest BCUT2D eigenvalue weighted by molar-refractivity contribution is -0.144. The molecule has 1 aliphatic heterocycles. The van der Waals surface area contributed by atoms with Gasteiger partial charge >= 0.3 is 5.97 Å². The van der Waals surface area contributed by atoms with Crippen LogP contribution in [0.15, 0.2) is 18.2 Å². The molecule has 1 aromatic carbocycles. The Morgan fingerprint density at radius 1 is 1.47 bits per heavy atom. The lowest BCUT2D eigenvalue weighted by Crippen LogP contribution is -2.23. The summed E-state index contributed by atoms with van der Waals surface area (Å²) in [7, 11) is 0. The van der Waals surface area contributed by atoms with E-state index in [0.717, 1.165) is 25.2 Å². The van der Waals surface area contributed by atoms with E-state index in [1.165, 1.54) is 19.8 Å². The maximum atomic E-state index is 10.8. The number of nitrogens with zero attached hydrogens (tertiary/aromatic N) is 1. The number of carboxylic acid groups (broad SMARTS) is 1. The summed E-state index contributed by atoms with van der Waals surface area (Å²) >= 11 is 6.18. The van der Waals surface area contributed by atoms with Crippen LogP contribution in [0.5, 0.6) is 5.75 Å². The molecule has 0 amide bonds. The van der Waals surface area contributed by atoms with Gasteiger partial charge in [-0.25, -0.2) is 4.79 Å². The predicted molar refractivity (Wildman–Crippen MR) is 73.7 cm³/mol. The molecule has 1 fully saturated rings. The first-order valence-corrected chi connectivity index (χ1v) is 6.84. The van der Waals surface area contributed by atoms with Crippen molar-refractivity contribution < 1.29 is 14.6 Å². The van der Waals surface area contributed by atoms with E-state index in [0.29, 0.717) is 10.8 Å². The normalized spacial score (nSPS) is 17.4. The summed E-state index contributed by atoms with van der Waals surface area (Å²) in [6, 6.07) is 5.30. The monoisotopic (exact) mass is 283 g/mol. The van der Waals surface area contributed by atoms with Gasteiger partial charge in [0.15, 0.2) is 6.10 Å². The van der Waals surface area contributed by atoms with E-state index in [1.54, 1.807) is 12.1 Å². The number of carbonyl (C=O) groups is 1. The second-order valence-corrected chi connectivity index (χ2v) is 5.24. The van der Waals surface area contributed by atoms with Gasteiger partial charge in [0.1, 0.15) is 5.75 Å². The highest BCUT2D eigenvalue weighted by atomic mass is 35.5. The summed E-state index contributed by atoms with van der Waals surface area (Å²) in [6.45, 7) is 4.48. The van der Waals surface area contributed by atoms with Crippen molar-refractivity contribution in [2.45, 2.75) is 32.4 Å². The SMILES string of the molecule is CC(Oc1ccc(Cl)c(CN2CCCC2)c1)C(=O)O. The van der Waals surface area contributed by atoms with Crippen LogP contribution in [0, 0.1) is 0 Å². The maximum Gasteiger partial charge on any atom is 0.344 e. The minimum atomic E-state index is -0.976.